The summed E-state index contributed by atoms with van der Waals surface area (Å²) in [4.78, 5) is 0. The van der Waals surface area contributed by atoms with E-state index in [0.29, 0.717) is 5.56 Å². The molecule has 0 saturated carbocycles. The summed E-state index contributed by atoms with van der Waals surface area (Å²) in [5.74, 6) is -1.04. The summed E-state index contributed by atoms with van der Waals surface area (Å²) in [5.41, 5.74) is 6.30. The molecule has 2 atom stereocenters. The Balaban J connectivity index is 2.31. The molecule has 0 aliphatic heterocycles. The van der Waals surface area contributed by atoms with E-state index in [4.69, 9.17) is 5.73 Å². The van der Waals surface area contributed by atoms with Crippen LogP contribution in [0.15, 0.2) is 47.2 Å². The van der Waals surface area contributed by atoms with Gasteiger partial charge >= 0.3 is 0 Å². The third kappa shape index (κ3) is 2.08. The van der Waals surface area contributed by atoms with Gasteiger partial charge in [-0.3, -0.25) is 0 Å². The Bertz CT molecular complexity index is 845. The van der Waals surface area contributed by atoms with Crippen molar-refractivity contribution in [3.05, 3.63) is 58.6 Å². The summed E-state index contributed by atoms with van der Waals surface area (Å²) in [6, 6.07) is 12.0. The molecular weight excluding hydrogens is 303 g/mol. The third-order valence-electron chi connectivity index (χ3n) is 5.03. The molecule has 1 aromatic carbocycles. The fraction of sp³-hybridized carbons (Fsp3) is 0.316. The van der Waals surface area contributed by atoms with Crippen LogP contribution in [0, 0.1) is 51.1 Å². The number of hydrogen-bond acceptors (Lipinski definition) is 4. The first-order valence-electron chi connectivity index (χ1n) is 7.77. The quantitative estimate of drug-likeness (QED) is 0.857. The average molecular weight is 318 g/mol. The van der Waals surface area contributed by atoms with Crippen molar-refractivity contribution in [2.45, 2.75) is 25.2 Å². The van der Waals surface area contributed by atoms with Crippen molar-refractivity contribution in [1.82, 2.24) is 0 Å². The van der Waals surface area contributed by atoms with Gasteiger partial charge in [0.15, 0.2) is 5.41 Å². The first kappa shape index (κ1) is 15.8. The van der Waals surface area contributed by atoms with Crippen LogP contribution in [0.3, 0.4) is 0 Å². The van der Waals surface area contributed by atoms with Gasteiger partial charge in [0.05, 0.1) is 23.4 Å². The smallest absolute Gasteiger partial charge is 0.191 e. The van der Waals surface area contributed by atoms with Crippen LogP contribution in [-0.4, -0.2) is 0 Å². The topological polar surface area (TPSA) is 97.4 Å². The highest BCUT2D eigenvalue weighted by atomic mass is 19.1. The highest BCUT2D eigenvalue weighted by Crippen LogP contribution is 2.55. The highest BCUT2D eigenvalue weighted by molar-refractivity contribution is 5.59. The monoisotopic (exact) mass is 318 g/mol. The van der Waals surface area contributed by atoms with Gasteiger partial charge in [-0.25, -0.2) is 4.39 Å². The maximum absolute atomic E-state index is 13.3. The summed E-state index contributed by atoms with van der Waals surface area (Å²) in [7, 11) is 0. The minimum absolute atomic E-state index is 0.00808. The number of allylic oxidation sites excluding steroid dienone is 4. The number of nitrogens with zero attached hydrogens (tertiary/aromatic N) is 3. The zero-order valence-corrected chi connectivity index (χ0v) is 13.0. The molecule has 0 bridgehead atoms. The van der Waals surface area contributed by atoms with E-state index < -0.39 is 11.3 Å². The van der Waals surface area contributed by atoms with Gasteiger partial charge in [-0.05, 0) is 48.4 Å². The molecule has 4 nitrogen and oxygen atoms in total. The molecule has 0 heterocycles. The molecule has 2 aliphatic rings. The highest BCUT2D eigenvalue weighted by Gasteiger charge is 2.53. The van der Waals surface area contributed by atoms with Crippen molar-refractivity contribution in [1.29, 1.82) is 15.8 Å². The molecule has 0 unspecified atom stereocenters. The molecular formula is C19H15FN4. The fourth-order valence-electron chi connectivity index (χ4n) is 3.92. The van der Waals surface area contributed by atoms with Gasteiger partial charge in [0.1, 0.15) is 11.9 Å². The van der Waals surface area contributed by atoms with Crippen LogP contribution in [0.5, 0.6) is 0 Å². The van der Waals surface area contributed by atoms with Crippen LogP contribution in [0.1, 0.15) is 30.7 Å². The standard InChI is InChI=1S/C19H15FN4/c20-13-7-5-12(6-8-13)17-15-4-2-1-3-14(15)16(9-21)18(24)19(17,10-22)11-23/h3,5-8,15,17H,1-2,4,24H2/t15-,17-/m0/s1. The first-order valence-corrected chi connectivity index (χ1v) is 7.77. The van der Waals surface area contributed by atoms with Crippen LogP contribution in [-0.2, 0) is 0 Å². The maximum atomic E-state index is 13.3. The molecule has 0 aromatic heterocycles. The molecule has 0 spiro atoms. The Kier molecular flexibility index (Phi) is 3.84. The Morgan fingerprint density at radius 3 is 2.38 bits per heavy atom. The van der Waals surface area contributed by atoms with Gasteiger partial charge in [0.2, 0.25) is 0 Å². The maximum Gasteiger partial charge on any atom is 0.191 e. The zero-order valence-electron chi connectivity index (χ0n) is 13.0. The van der Waals surface area contributed by atoms with Crippen molar-refractivity contribution >= 4 is 0 Å². The van der Waals surface area contributed by atoms with Crippen LogP contribution in [0.2, 0.25) is 0 Å². The molecule has 118 valence electrons. The second-order valence-corrected chi connectivity index (χ2v) is 6.16. The average Bonchev–Trinajstić information content (AvgIpc) is 2.62. The number of fused-ring (bicyclic) bond motifs is 1. The minimum atomic E-state index is -1.62. The Morgan fingerprint density at radius 2 is 1.79 bits per heavy atom. The van der Waals surface area contributed by atoms with Crippen molar-refractivity contribution < 1.29 is 4.39 Å². The molecule has 3 rings (SSSR count). The summed E-state index contributed by atoms with van der Waals surface area (Å²) in [6.07, 6.45) is 4.50. The zero-order chi connectivity index (χ0) is 17.3. The Morgan fingerprint density at radius 1 is 1.12 bits per heavy atom. The minimum Gasteiger partial charge on any atom is -0.399 e. The second-order valence-electron chi connectivity index (χ2n) is 6.16. The first-order chi connectivity index (χ1) is 11.6. The third-order valence-corrected chi connectivity index (χ3v) is 5.03. The molecule has 24 heavy (non-hydrogen) atoms. The van der Waals surface area contributed by atoms with Gasteiger partial charge in [-0.1, -0.05) is 18.2 Å². The predicted molar refractivity (Wildman–Crippen MR) is 85.1 cm³/mol. The predicted octanol–water partition coefficient (Wildman–Crippen LogP) is 3.42. The van der Waals surface area contributed by atoms with E-state index >= 15 is 0 Å². The molecule has 2 N–H and O–H groups in total. The molecule has 2 aliphatic carbocycles. The summed E-state index contributed by atoms with van der Waals surface area (Å²) in [5, 5.41) is 29.1. The number of halogens is 1. The summed E-state index contributed by atoms with van der Waals surface area (Å²) < 4.78 is 13.3. The van der Waals surface area contributed by atoms with Gasteiger partial charge in [0.25, 0.3) is 0 Å². The summed E-state index contributed by atoms with van der Waals surface area (Å²) in [6.45, 7) is 0. The molecule has 5 heteroatoms. The SMILES string of the molecule is N#CC1=C(N)C(C#N)(C#N)[C@@H](c2ccc(F)cc2)[C@H]2CCCC=C12. The lowest BCUT2D eigenvalue weighted by Crippen LogP contribution is -2.42. The number of nitrogens with two attached hydrogens (primary N) is 1. The van der Waals surface area contributed by atoms with E-state index in [1.54, 1.807) is 12.1 Å². The fourth-order valence-corrected chi connectivity index (χ4v) is 3.92. The van der Waals surface area contributed by atoms with E-state index in [1.165, 1.54) is 12.1 Å². The molecule has 0 radical (unpaired) electrons. The lowest BCUT2D eigenvalue weighted by molar-refractivity contribution is 0.317. The summed E-state index contributed by atoms with van der Waals surface area (Å²) >= 11 is 0. The van der Waals surface area contributed by atoms with Gasteiger partial charge < -0.3 is 5.73 Å². The normalized spacial score (nSPS) is 24.8. The van der Waals surface area contributed by atoms with Crippen molar-refractivity contribution in [2.24, 2.45) is 17.1 Å². The largest absolute Gasteiger partial charge is 0.399 e. The number of hydrogen-bond donors (Lipinski definition) is 1. The van der Waals surface area contributed by atoms with E-state index in [2.05, 4.69) is 18.2 Å². The van der Waals surface area contributed by atoms with Crippen molar-refractivity contribution in [3.8, 4) is 18.2 Å². The Labute approximate surface area is 139 Å². The molecule has 0 fully saturated rings. The molecule has 0 saturated heterocycles. The van der Waals surface area contributed by atoms with Gasteiger partial charge in [-0.2, -0.15) is 15.8 Å². The second kappa shape index (κ2) is 5.84. The molecule has 0 amide bonds. The van der Waals surface area contributed by atoms with Crippen molar-refractivity contribution in [3.63, 3.8) is 0 Å². The van der Waals surface area contributed by atoms with E-state index in [0.717, 1.165) is 24.8 Å². The van der Waals surface area contributed by atoms with Crippen molar-refractivity contribution in [2.75, 3.05) is 0 Å². The van der Waals surface area contributed by atoms with Crippen LogP contribution < -0.4 is 5.73 Å². The Hall–Kier alpha value is -3.10. The van der Waals surface area contributed by atoms with Crippen LogP contribution in [0.4, 0.5) is 4.39 Å². The van der Waals surface area contributed by atoms with E-state index in [1.807, 2.05) is 6.08 Å². The van der Waals surface area contributed by atoms with Crippen LogP contribution in [0.25, 0.3) is 0 Å². The number of nitriles is 3. The van der Waals surface area contributed by atoms with E-state index in [-0.39, 0.29) is 23.0 Å². The van der Waals surface area contributed by atoms with Crippen LogP contribution >= 0.6 is 0 Å². The van der Waals surface area contributed by atoms with Gasteiger partial charge in [-0.15, -0.1) is 0 Å². The number of rotatable bonds is 1. The lowest BCUT2D eigenvalue weighted by Gasteiger charge is -2.43. The van der Waals surface area contributed by atoms with Gasteiger partial charge in [0, 0.05) is 5.92 Å². The number of benzene rings is 1. The lowest BCUT2D eigenvalue weighted by atomic mass is 9.57. The molecule has 1 aromatic rings. The van der Waals surface area contributed by atoms with E-state index in [9.17, 15) is 20.2 Å².